The van der Waals surface area contributed by atoms with E-state index in [9.17, 15) is 0 Å². The zero-order valence-electron chi connectivity index (χ0n) is 12.3. The first-order chi connectivity index (χ1) is 8.52. The maximum absolute atomic E-state index is 5.38. The largest absolute Gasteiger partial charge is 0.496 e. The van der Waals surface area contributed by atoms with E-state index in [1.54, 1.807) is 7.11 Å². The van der Waals surface area contributed by atoms with E-state index in [1.165, 1.54) is 11.1 Å². The molecule has 1 atom stereocenters. The van der Waals surface area contributed by atoms with Crippen LogP contribution in [0.1, 0.15) is 24.5 Å². The van der Waals surface area contributed by atoms with E-state index in [4.69, 9.17) is 4.74 Å². The summed E-state index contributed by atoms with van der Waals surface area (Å²) in [7, 11) is 5.94. The first-order valence-electron chi connectivity index (χ1n) is 6.54. The van der Waals surface area contributed by atoms with Crippen LogP contribution in [0, 0.1) is 6.92 Å². The van der Waals surface area contributed by atoms with E-state index in [-0.39, 0.29) is 0 Å². The molecular formula is C15H26N2O. The first-order valence-corrected chi connectivity index (χ1v) is 6.54. The summed E-state index contributed by atoms with van der Waals surface area (Å²) in [5.74, 6) is 0.966. The van der Waals surface area contributed by atoms with E-state index in [0.717, 1.165) is 25.3 Å². The number of benzene rings is 1. The van der Waals surface area contributed by atoms with Gasteiger partial charge in [0.2, 0.25) is 0 Å². The molecular weight excluding hydrogens is 224 g/mol. The van der Waals surface area contributed by atoms with Crippen molar-refractivity contribution in [3.63, 3.8) is 0 Å². The van der Waals surface area contributed by atoms with Crippen LogP contribution < -0.4 is 10.1 Å². The Balaban J connectivity index is 2.49. The van der Waals surface area contributed by atoms with Gasteiger partial charge < -0.3 is 15.0 Å². The molecule has 1 aromatic carbocycles. The molecule has 0 fully saturated rings. The average Bonchev–Trinajstić information content (AvgIpc) is 2.34. The lowest BCUT2D eigenvalue weighted by atomic mass is 10.1. The number of ether oxygens (including phenoxy) is 1. The number of rotatable bonds is 7. The summed E-state index contributed by atoms with van der Waals surface area (Å²) in [6, 6.07) is 6.82. The monoisotopic (exact) mass is 250 g/mol. The molecule has 102 valence electrons. The van der Waals surface area contributed by atoms with Crippen molar-refractivity contribution < 1.29 is 4.74 Å². The van der Waals surface area contributed by atoms with Gasteiger partial charge in [-0.05, 0) is 47.0 Å². The molecule has 1 unspecified atom stereocenters. The Morgan fingerprint density at radius 2 is 2.06 bits per heavy atom. The minimum absolute atomic E-state index is 0.512. The Labute approximate surface area is 111 Å². The van der Waals surface area contributed by atoms with Crippen molar-refractivity contribution >= 4 is 0 Å². The molecule has 0 aliphatic heterocycles. The van der Waals surface area contributed by atoms with Crippen LogP contribution in [-0.2, 0) is 6.54 Å². The highest BCUT2D eigenvalue weighted by atomic mass is 16.5. The Hall–Kier alpha value is -1.06. The highest BCUT2D eigenvalue weighted by Crippen LogP contribution is 2.19. The fourth-order valence-electron chi connectivity index (χ4n) is 1.88. The van der Waals surface area contributed by atoms with Crippen LogP contribution in [0.25, 0.3) is 0 Å². The van der Waals surface area contributed by atoms with E-state index < -0.39 is 0 Å². The fraction of sp³-hybridized carbons (Fsp3) is 0.600. The molecule has 0 aliphatic carbocycles. The predicted octanol–water partition coefficient (Wildman–Crippen LogP) is 2.43. The lowest BCUT2D eigenvalue weighted by Gasteiger charge is -2.18. The minimum Gasteiger partial charge on any atom is -0.496 e. The van der Waals surface area contributed by atoms with Gasteiger partial charge in [-0.1, -0.05) is 17.7 Å². The fourth-order valence-corrected chi connectivity index (χ4v) is 1.88. The molecule has 3 nitrogen and oxygen atoms in total. The second-order valence-corrected chi connectivity index (χ2v) is 5.19. The number of aryl methyl sites for hydroxylation is 1. The van der Waals surface area contributed by atoms with Gasteiger partial charge in [-0.25, -0.2) is 0 Å². The maximum Gasteiger partial charge on any atom is 0.123 e. The van der Waals surface area contributed by atoms with E-state index in [0.29, 0.717) is 6.04 Å². The van der Waals surface area contributed by atoms with Crippen molar-refractivity contribution in [1.82, 2.24) is 10.2 Å². The van der Waals surface area contributed by atoms with Gasteiger partial charge in [0.1, 0.15) is 5.75 Å². The highest BCUT2D eigenvalue weighted by molar-refractivity contribution is 5.36. The Morgan fingerprint density at radius 1 is 1.33 bits per heavy atom. The highest BCUT2D eigenvalue weighted by Gasteiger charge is 2.06. The molecule has 3 heteroatoms. The smallest absolute Gasteiger partial charge is 0.123 e. The van der Waals surface area contributed by atoms with Gasteiger partial charge in [-0.15, -0.1) is 0 Å². The molecule has 0 aliphatic rings. The van der Waals surface area contributed by atoms with E-state index in [2.05, 4.69) is 50.3 Å². The summed E-state index contributed by atoms with van der Waals surface area (Å²) < 4.78 is 5.38. The van der Waals surface area contributed by atoms with Gasteiger partial charge in [0.15, 0.2) is 0 Å². The Morgan fingerprint density at radius 3 is 2.67 bits per heavy atom. The van der Waals surface area contributed by atoms with E-state index >= 15 is 0 Å². The standard InChI is InChI=1S/C15H26N2O/c1-12-6-7-15(18-5)14(10-12)11-16-13(2)8-9-17(3)4/h6-7,10,13,16H,8-9,11H2,1-5H3. The molecule has 0 radical (unpaired) electrons. The number of methoxy groups -OCH3 is 1. The van der Waals surface area contributed by atoms with Crippen LogP contribution in [0.3, 0.4) is 0 Å². The van der Waals surface area contributed by atoms with Crippen LogP contribution in [0.5, 0.6) is 5.75 Å². The number of hydrogen-bond donors (Lipinski definition) is 1. The van der Waals surface area contributed by atoms with Crippen molar-refractivity contribution in [2.75, 3.05) is 27.7 Å². The summed E-state index contributed by atoms with van der Waals surface area (Å²) in [4.78, 5) is 2.21. The summed E-state index contributed by atoms with van der Waals surface area (Å²) in [5.41, 5.74) is 2.50. The van der Waals surface area contributed by atoms with Crippen LogP contribution in [0.4, 0.5) is 0 Å². The molecule has 0 saturated heterocycles. The average molecular weight is 250 g/mol. The zero-order chi connectivity index (χ0) is 13.5. The Bertz CT molecular complexity index is 364. The summed E-state index contributed by atoms with van der Waals surface area (Å²) in [5, 5.41) is 3.55. The molecule has 1 aromatic rings. The first kappa shape index (κ1) is 15.0. The predicted molar refractivity (Wildman–Crippen MR) is 77.2 cm³/mol. The molecule has 0 aromatic heterocycles. The lowest BCUT2D eigenvalue weighted by molar-refractivity contribution is 0.363. The van der Waals surface area contributed by atoms with Gasteiger partial charge in [0.05, 0.1) is 7.11 Å². The maximum atomic E-state index is 5.38. The minimum atomic E-state index is 0.512. The van der Waals surface area contributed by atoms with Crippen molar-refractivity contribution in [1.29, 1.82) is 0 Å². The van der Waals surface area contributed by atoms with Gasteiger partial charge in [-0.3, -0.25) is 0 Å². The third-order valence-corrected chi connectivity index (χ3v) is 3.09. The van der Waals surface area contributed by atoms with Crippen molar-refractivity contribution in [3.8, 4) is 5.75 Å². The molecule has 0 saturated carbocycles. The second kappa shape index (κ2) is 7.39. The number of hydrogen-bond acceptors (Lipinski definition) is 3. The van der Waals surface area contributed by atoms with E-state index in [1.807, 2.05) is 6.07 Å². The lowest BCUT2D eigenvalue weighted by Crippen LogP contribution is -2.29. The normalized spacial score (nSPS) is 12.8. The van der Waals surface area contributed by atoms with Gasteiger partial charge in [0, 0.05) is 18.2 Å². The quantitative estimate of drug-likeness (QED) is 0.804. The molecule has 1 N–H and O–H groups in total. The molecule has 0 spiro atoms. The van der Waals surface area contributed by atoms with Gasteiger partial charge >= 0.3 is 0 Å². The zero-order valence-corrected chi connectivity index (χ0v) is 12.3. The van der Waals surface area contributed by atoms with Crippen molar-refractivity contribution in [2.24, 2.45) is 0 Å². The van der Waals surface area contributed by atoms with Crippen LogP contribution in [0.2, 0.25) is 0 Å². The molecule has 0 heterocycles. The summed E-state index contributed by atoms with van der Waals surface area (Å²) in [6.45, 7) is 6.31. The molecule has 0 amide bonds. The Kier molecular flexibility index (Phi) is 6.16. The number of nitrogens with zero attached hydrogens (tertiary/aromatic N) is 1. The SMILES string of the molecule is COc1ccc(C)cc1CNC(C)CCN(C)C. The van der Waals surface area contributed by atoms with Crippen LogP contribution >= 0.6 is 0 Å². The van der Waals surface area contributed by atoms with Crippen LogP contribution in [-0.4, -0.2) is 38.7 Å². The van der Waals surface area contributed by atoms with Gasteiger partial charge in [0.25, 0.3) is 0 Å². The third-order valence-electron chi connectivity index (χ3n) is 3.09. The second-order valence-electron chi connectivity index (χ2n) is 5.19. The summed E-state index contributed by atoms with van der Waals surface area (Å²) >= 11 is 0. The third kappa shape index (κ3) is 5.07. The van der Waals surface area contributed by atoms with Crippen LogP contribution in [0.15, 0.2) is 18.2 Å². The number of nitrogens with one attached hydrogen (secondary N) is 1. The topological polar surface area (TPSA) is 24.5 Å². The van der Waals surface area contributed by atoms with Crippen molar-refractivity contribution in [2.45, 2.75) is 32.9 Å². The van der Waals surface area contributed by atoms with Gasteiger partial charge in [-0.2, -0.15) is 0 Å². The molecule has 0 bridgehead atoms. The molecule has 18 heavy (non-hydrogen) atoms. The summed E-state index contributed by atoms with van der Waals surface area (Å²) in [6.07, 6.45) is 1.15. The van der Waals surface area contributed by atoms with Crippen molar-refractivity contribution in [3.05, 3.63) is 29.3 Å². The molecule has 1 rings (SSSR count).